The molecule has 0 aliphatic carbocycles. The van der Waals surface area contributed by atoms with Crippen LogP contribution in [-0.2, 0) is 27.3 Å². The Morgan fingerprint density at radius 2 is 1.60 bits per heavy atom. The van der Waals surface area contributed by atoms with Crippen LogP contribution in [0.15, 0.2) is 48.5 Å². The fourth-order valence-electron chi connectivity index (χ4n) is 4.88. The van der Waals surface area contributed by atoms with Gasteiger partial charge in [-0.3, -0.25) is 4.79 Å². The first-order chi connectivity index (χ1) is 20.0. The second-order valence-corrected chi connectivity index (χ2v) is 11.4. The summed E-state index contributed by atoms with van der Waals surface area (Å²) in [5.41, 5.74) is 1.87. The molecule has 0 aliphatic rings. The van der Waals surface area contributed by atoms with Gasteiger partial charge in [-0.15, -0.1) is 0 Å². The standard InChI is InChI=1S/C33H49NO8/c1-22(2)26(17-25-13-14-30(40-6)31(18-25)41-16-10-15-39-5)19-28(29(35)20-27(23(3)4)32(36)37)34-33(38)42-21-24-11-8-7-9-12-24/h7-9,11-14,18,22-23,26-29,35H,10,15-17,19-21H2,1-6H3,(H,34,38)(H,36,37)/t26-,27?,28?,29-/m0/s1. The van der Waals surface area contributed by atoms with E-state index in [0.29, 0.717) is 37.6 Å². The van der Waals surface area contributed by atoms with Gasteiger partial charge in [-0.25, -0.2) is 4.79 Å². The molecule has 2 unspecified atom stereocenters. The zero-order valence-corrected chi connectivity index (χ0v) is 25.9. The van der Waals surface area contributed by atoms with Gasteiger partial charge in [0.25, 0.3) is 0 Å². The van der Waals surface area contributed by atoms with Crippen LogP contribution in [0.5, 0.6) is 11.5 Å². The Balaban J connectivity index is 2.22. The summed E-state index contributed by atoms with van der Waals surface area (Å²) >= 11 is 0. The summed E-state index contributed by atoms with van der Waals surface area (Å²) in [5, 5.41) is 23.9. The summed E-state index contributed by atoms with van der Waals surface area (Å²) in [5.74, 6) is -0.347. The third kappa shape index (κ3) is 11.9. The molecule has 0 spiro atoms. The van der Waals surface area contributed by atoms with Gasteiger partial charge >= 0.3 is 12.1 Å². The highest BCUT2D eigenvalue weighted by Crippen LogP contribution is 2.32. The minimum Gasteiger partial charge on any atom is -0.493 e. The lowest BCUT2D eigenvalue weighted by Crippen LogP contribution is -2.47. The first-order valence-electron chi connectivity index (χ1n) is 14.7. The summed E-state index contributed by atoms with van der Waals surface area (Å²) in [6.45, 7) is 9.01. The fourth-order valence-corrected chi connectivity index (χ4v) is 4.88. The molecule has 9 nitrogen and oxygen atoms in total. The number of methoxy groups -OCH3 is 2. The monoisotopic (exact) mass is 587 g/mol. The first kappa shape index (κ1) is 34.9. The molecule has 0 saturated carbocycles. The number of hydrogen-bond donors (Lipinski definition) is 3. The Labute approximate surface area is 250 Å². The second-order valence-electron chi connectivity index (χ2n) is 11.4. The lowest BCUT2D eigenvalue weighted by molar-refractivity contribution is -0.144. The van der Waals surface area contributed by atoms with Gasteiger partial charge in [0.2, 0.25) is 0 Å². The van der Waals surface area contributed by atoms with Crippen LogP contribution in [0.3, 0.4) is 0 Å². The Kier molecular flexibility index (Phi) is 15.2. The Morgan fingerprint density at radius 3 is 2.19 bits per heavy atom. The molecule has 0 bridgehead atoms. The molecule has 4 atom stereocenters. The summed E-state index contributed by atoms with van der Waals surface area (Å²) in [6.07, 6.45) is 0.126. The number of aliphatic hydroxyl groups is 1. The zero-order valence-electron chi connectivity index (χ0n) is 25.9. The number of benzene rings is 2. The number of alkyl carbamates (subject to hydrolysis) is 1. The highest BCUT2D eigenvalue weighted by Gasteiger charge is 2.32. The van der Waals surface area contributed by atoms with E-state index in [-0.39, 0.29) is 30.8 Å². The van der Waals surface area contributed by atoms with Crippen LogP contribution in [0.2, 0.25) is 0 Å². The lowest BCUT2D eigenvalue weighted by Gasteiger charge is -2.32. The van der Waals surface area contributed by atoms with Crippen LogP contribution in [0.1, 0.15) is 58.1 Å². The average Bonchev–Trinajstić information content (AvgIpc) is 2.96. The lowest BCUT2D eigenvalue weighted by atomic mass is 9.80. The van der Waals surface area contributed by atoms with Crippen molar-refractivity contribution in [2.45, 2.75) is 72.1 Å². The first-order valence-corrected chi connectivity index (χ1v) is 14.7. The van der Waals surface area contributed by atoms with E-state index in [1.165, 1.54) is 0 Å². The summed E-state index contributed by atoms with van der Waals surface area (Å²) < 4.78 is 22.0. The molecular weight excluding hydrogens is 538 g/mol. The van der Waals surface area contributed by atoms with Gasteiger partial charge in [0.15, 0.2) is 11.5 Å². The maximum Gasteiger partial charge on any atom is 0.407 e. The van der Waals surface area contributed by atoms with Crippen molar-refractivity contribution in [3.05, 3.63) is 59.7 Å². The van der Waals surface area contributed by atoms with Gasteiger partial charge in [-0.2, -0.15) is 0 Å². The third-order valence-corrected chi connectivity index (χ3v) is 7.57. The maximum absolute atomic E-state index is 12.9. The number of aliphatic hydroxyl groups excluding tert-OH is 1. The molecule has 234 valence electrons. The van der Waals surface area contributed by atoms with Crippen molar-refractivity contribution in [3.8, 4) is 11.5 Å². The molecule has 0 aliphatic heterocycles. The van der Waals surface area contributed by atoms with Crippen LogP contribution in [0.25, 0.3) is 0 Å². The van der Waals surface area contributed by atoms with E-state index < -0.39 is 30.1 Å². The predicted octanol–water partition coefficient (Wildman–Crippen LogP) is 5.72. The number of carboxylic acids is 1. The number of carboxylic acid groups (broad SMARTS) is 1. The number of amides is 1. The minimum absolute atomic E-state index is 0.0173. The van der Waals surface area contributed by atoms with Gasteiger partial charge in [0.1, 0.15) is 6.61 Å². The second kappa shape index (κ2) is 18.3. The molecule has 2 rings (SSSR count). The molecule has 0 aromatic heterocycles. The van der Waals surface area contributed by atoms with E-state index in [4.69, 9.17) is 18.9 Å². The Bertz CT molecular complexity index is 1070. The van der Waals surface area contributed by atoms with Crippen molar-refractivity contribution in [1.29, 1.82) is 0 Å². The van der Waals surface area contributed by atoms with Crippen molar-refractivity contribution < 1.29 is 38.7 Å². The van der Waals surface area contributed by atoms with Crippen LogP contribution in [0, 0.1) is 23.7 Å². The predicted molar refractivity (Wildman–Crippen MR) is 162 cm³/mol. The van der Waals surface area contributed by atoms with Crippen molar-refractivity contribution in [2.75, 3.05) is 27.4 Å². The Morgan fingerprint density at radius 1 is 0.881 bits per heavy atom. The molecule has 9 heteroatoms. The maximum atomic E-state index is 12.9. The number of ether oxygens (including phenoxy) is 4. The highest BCUT2D eigenvalue weighted by molar-refractivity contribution is 5.70. The number of hydrogen-bond acceptors (Lipinski definition) is 7. The summed E-state index contributed by atoms with van der Waals surface area (Å²) in [6, 6.07) is 14.5. The quantitative estimate of drug-likeness (QED) is 0.178. The van der Waals surface area contributed by atoms with Crippen LogP contribution in [0.4, 0.5) is 4.79 Å². The molecule has 0 saturated heterocycles. The van der Waals surface area contributed by atoms with E-state index in [1.54, 1.807) is 14.2 Å². The van der Waals surface area contributed by atoms with Crippen LogP contribution < -0.4 is 14.8 Å². The molecule has 42 heavy (non-hydrogen) atoms. The number of rotatable bonds is 19. The number of carbonyl (C=O) groups is 2. The smallest absolute Gasteiger partial charge is 0.407 e. The molecule has 2 aromatic rings. The van der Waals surface area contributed by atoms with Crippen LogP contribution >= 0.6 is 0 Å². The largest absolute Gasteiger partial charge is 0.493 e. The normalized spacial score (nSPS) is 14.2. The van der Waals surface area contributed by atoms with Gasteiger partial charge < -0.3 is 34.5 Å². The highest BCUT2D eigenvalue weighted by atomic mass is 16.5. The van der Waals surface area contributed by atoms with Crippen molar-refractivity contribution in [3.63, 3.8) is 0 Å². The minimum atomic E-state index is -1.07. The van der Waals surface area contributed by atoms with E-state index in [0.717, 1.165) is 17.5 Å². The molecular formula is C33H49NO8. The van der Waals surface area contributed by atoms with Gasteiger partial charge in [0.05, 0.1) is 31.8 Å². The molecule has 1 amide bonds. The van der Waals surface area contributed by atoms with Crippen molar-refractivity contribution >= 4 is 12.1 Å². The van der Waals surface area contributed by atoms with E-state index in [1.807, 2.05) is 62.4 Å². The molecule has 0 heterocycles. The number of aliphatic carboxylic acids is 1. The number of nitrogens with one attached hydrogen (secondary N) is 1. The topological polar surface area (TPSA) is 124 Å². The van der Waals surface area contributed by atoms with Crippen molar-refractivity contribution in [1.82, 2.24) is 5.32 Å². The molecule has 3 N–H and O–H groups in total. The van der Waals surface area contributed by atoms with Gasteiger partial charge in [-0.1, -0.05) is 64.1 Å². The molecule has 0 fully saturated rings. The molecule has 0 radical (unpaired) electrons. The molecule has 2 aromatic carbocycles. The van der Waals surface area contributed by atoms with Crippen LogP contribution in [-0.4, -0.2) is 61.9 Å². The average molecular weight is 588 g/mol. The summed E-state index contributed by atoms with van der Waals surface area (Å²) in [7, 11) is 3.25. The third-order valence-electron chi connectivity index (χ3n) is 7.57. The Hall–Kier alpha value is -3.30. The summed E-state index contributed by atoms with van der Waals surface area (Å²) in [4.78, 5) is 24.8. The van der Waals surface area contributed by atoms with Gasteiger partial charge in [0, 0.05) is 20.1 Å². The zero-order chi connectivity index (χ0) is 31.1. The van der Waals surface area contributed by atoms with Gasteiger partial charge in [-0.05, 0) is 60.3 Å². The van der Waals surface area contributed by atoms with E-state index in [2.05, 4.69) is 19.2 Å². The van der Waals surface area contributed by atoms with E-state index >= 15 is 0 Å². The van der Waals surface area contributed by atoms with Crippen molar-refractivity contribution in [2.24, 2.45) is 23.7 Å². The number of carbonyl (C=O) groups excluding carboxylic acids is 1. The fraction of sp³-hybridized carbons (Fsp3) is 0.576. The van der Waals surface area contributed by atoms with E-state index in [9.17, 15) is 19.8 Å². The SMILES string of the molecule is COCCCOc1cc(C[C@@H](CC(NC(=O)OCc2ccccc2)[C@@H](O)CC(C(=O)O)C(C)C)C(C)C)ccc1OC.